The number of amides is 1. The van der Waals surface area contributed by atoms with E-state index >= 15 is 4.39 Å². The molecule has 2 aliphatic rings. The van der Waals surface area contributed by atoms with Crippen LogP contribution in [0, 0.1) is 11.6 Å². The lowest BCUT2D eigenvalue weighted by molar-refractivity contribution is -0.0922. The van der Waals surface area contributed by atoms with E-state index in [9.17, 15) is 19.4 Å². The van der Waals surface area contributed by atoms with Crippen LogP contribution in [0.2, 0.25) is 0 Å². The summed E-state index contributed by atoms with van der Waals surface area (Å²) in [6, 6.07) is 8.27. The molecule has 2 aromatic carbocycles. The fourth-order valence-electron chi connectivity index (χ4n) is 3.92. The molecule has 10 nitrogen and oxygen atoms in total. The number of carbonyl (C=O) groups excluding carboxylic acids is 1. The number of aliphatic hydroxyl groups excluding tert-OH is 2. The highest BCUT2D eigenvalue weighted by atomic mass is 32.1. The van der Waals surface area contributed by atoms with E-state index in [1.165, 1.54) is 35.2 Å². The molecule has 0 aliphatic carbocycles. The van der Waals surface area contributed by atoms with Gasteiger partial charge in [0.1, 0.15) is 17.7 Å². The van der Waals surface area contributed by atoms with Crippen LogP contribution in [-0.2, 0) is 9.57 Å². The van der Waals surface area contributed by atoms with Crippen LogP contribution in [0.15, 0.2) is 48.7 Å². The van der Waals surface area contributed by atoms with E-state index in [1.54, 1.807) is 12.3 Å². The summed E-state index contributed by atoms with van der Waals surface area (Å²) in [6.45, 7) is -0.412. The van der Waals surface area contributed by atoms with Crippen LogP contribution < -0.4 is 15.7 Å². The van der Waals surface area contributed by atoms with E-state index in [0.717, 1.165) is 17.8 Å². The fourth-order valence-corrected chi connectivity index (χ4v) is 4.31. The summed E-state index contributed by atoms with van der Waals surface area (Å²) in [5, 5.41) is 21.9. The number of hydroxylamine groups is 1. The molecule has 0 radical (unpaired) electrons. The largest absolute Gasteiger partial charge is 0.442 e. The Bertz CT molecular complexity index is 1300. The summed E-state index contributed by atoms with van der Waals surface area (Å²) in [4.78, 5) is 18.9. The van der Waals surface area contributed by atoms with E-state index in [2.05, 4.69) is 19.5 Å². The minimum absolute atomic E-state index is 0.0225. The third kappa shape index (κ3) is 4.60. The van der Waals surface area contributed by atoms with Gasteiger partial charge in [-0.2, -0.15) is 8.75 Å². The predicted octanol–water partition coefficient (Wildman–Crippen LogP) is 2.52. The SMILES string of the molecule is O=C1O[C@@H](CNc2cnsn2)CN1c1ccc(-c2ccc(C3=CC(CO)(CO)ON3)cc2F)c(F)c1. The Balaban J connectivity index is 1.31. The van der Waals surface area contributed by atoms with Gasteiger partial charge in [-0.15, -0.1) is 0 Å². The molecule has 3 aromatic rings. The van der Waals surface area contributed by atoms with Crippen molar-refractivity contribution in [1.82, 2.24) is 14.2 Å². The van der Waals surface area contributed by atoms with Crippen molar-refractivity contribution in [2.24, 2.45) is 0 Å². The topological polar surface area (TPSA) is 129 Å². The number of hydrogen-bond acceptors (Lipinski definition) is 10. The summed E-state index contributed by atoms with van der Waals surface area (Å²) in [7, 11) is 0. The number of ether oxygens (including phenoxy) is 1. The molecular weight excluding hydrogens is 496 g/mol. The molecule has 3 heterocycles. The van der Waals surface area contributed by atoms with Crippen molar-refractivity contribution in [1.29, 1.82) is 0 Å². The van der Waals surface area contributed by atoms with Crippen LogP contribution in [0.1, 0.15) is 5.56 Å². The Hall–Kier alpha value is -3.65. The number of rotatable bonds is 8. The zero-order valence-corrected chi connectivity index (χ0v) is 19.5. The normalized spacial score (nSPS) is 18.7. The fraction of sp³-hybridized carbons (Fsp3) is 0.261. The second-order valence-corrected chi connectivity index (χ2v) is 8.85. The van der Waals surface area contributed by atoms with Gasteiger partial charge in [-0.1, -0.05) is 12.1 Å². The molecule has 36 heavy (non-hydrogen) atoms. The first-order chi connectivity index (χ1) is 17.4. The average Bonchev–Trinajstić information content (AvgIpc) is 3.63. The first kappa shape index (κ1) is 24.1. The average molecular weight is 518 g/mol. The number of carbonyl (C=O) groups is 1. The molecule has 1 aromatic heterocycles. The Kier molecular flexibility index (Phi) is 6.53. The molecule has 188 valence electrons. The van der Waals surface area contributed by atoms with Crippen LogP contribution in [-0.4, -0.2) is 63.1 Å². The van der Waals surface area contributed by atoms with Gasteiger partial charge in [0.25, 0.3) is 0 Å². The number of aromatic nitrogens is 2. The van der Waals surface area contributed by atoms with E-state index < -0.39 is 42.6 Å². The van der Waals surface area contributed by atoms with Crippen LogP contribution in [0.3, 0.4) is 0 Å². The number of anilines is 2. The molecule has 1 amide bonds. The molecule has 13 heteroatoms. The monoisotopic (exact) mass is 517 g/mol. The number of benzene rings is 2. The van der Waals surface area contributed by atoms with Gasteiger partial charge in [-0.25, -0.2) is 13.6 Å². The first-order valence-corrected chi connectivity index (χ1v) is 11.6. The zero-order chi connectivity index (χ0) is 25.3. The Morgan fingerprint density at radius 2 is 1.92 bits per heavy atom. The quantitative estimate of drug-likeness (QED) is 0.356. The molecular formula is C23H21F2N5O5S. The summed E-state index contributed by atoms with van der Waals surface area (Å²) < 4.78 is 43.3. The highest BCUT2D eigenvalue weighted by Crippen LogP contribution is 2.33. The Morgan fingerprint density at radius 1 is 1.17 bits per heavy atom. The van der Waals surface area contributed by atoms with Crippen LogP contribution >= 0.6 is 11.7 Å². The molecule has 1 saturated heterocycles. The molecule has 5 rings (SSSR count). The number of aliphatic hydroxyl groups is 2. The number of nitrogens with zero attached hydrogens (tertiary/aromatic N) is 3. The summed E-state index contributed by atoms with van der Waals surface area (Å²) in [6.07, 6.45) is 1.94. The maximum absolute atomic E-state index is 15.1. The lowest BCUT2D eigenvalue weighted by atomic mass is 9.99. The van der Waals surface area contributed by atoms with Crippen LogP contribution in [0.25, 0.3) is 16.8 Å². The summed E-state index contributed by atoms with van der Waals surface area (Å²) >= 11 is 1.05. The molecule has 4 N–H and O–H groups in total. The second-order valence-electron chi connectivity index (χ2n) is 8.29. The standard InChI is InChI=1S/C23H21F2N5O5S/c24-18-5-13(20-7-23(11-31,12-32)35-28-20)1-3-16(18)17-4-2-14(6-19(17)25)30-10-15(34-22(30)33)8-26-21-9-27-36-29-21/h1-7,9,15,28,31-32H,8,10-12H2,(H,26,29)/t15-/m0/s1. The number of hydrogen-bond donors (Lipinski definition) is 4. The molecule has 0 spiro atoms. The first-order valence-electron chi connectivity index (χ1n) is 10.9. The van der Waals surface area contributed by atoms with Gasteiger partial charge in [0, 0.05) is 16.7 Å². The van der Waals surface area contributed by atoms with Crippen molar-refractivity contribution in [3.8, 4) is 11.1 Å². The van der Waals surface area contributed by atoms with E-state index in [1.807, 2.05) is 0 Å². The van der Waals surface area contributed by atoms with Crippen molar-refractivity contribution < 1.29 is 33.4 Å². The van der Waals surface area contributed by atoms with Crippen molar-refractivity contribution in [2.75, 3.05) is 36.5 Å². The third-order valence-electron chi connectivity index (χ3n) is 5.89. The van der Waals surface area contributed by atoms with Crippen molar-refractivity contribution >= 4 is 35.0 Å². The molecule has 1 atom stereocenters. The summed E-state index contributed by atoms with van der Waals surface area (Å²) in [5.41, 5.74) is 2.36. The molecule has 0 saturated carbocycles. The van der Waals surface area contributed by atoms with Gasteiger partial charge in [0.05, 0.1) is 55.6 Å². The van der Waals surface area contributed by atoms with Crippen LogP contribution in [0.4, 0.5) is 25.1 Å². The van der Waals surface area contributed by atoms with Gasteiger partial charge >= 0.3 is 6.09 Å². The van der Waals surface area contributed by atoms with E-state index in [4.69, 9.17) is 9.57 Å². The van der Waals surface area contributed by atoms with Gasteiger partial charge in [-0.3, -0.25) is 15.2 Å². The minimum atomic E-state index is -1.31. The summed E-state index contributed by atoms with van der Waals surface area (Å²) in [5.74, 6) is -0.814. The van der Waals surface area contributed by atoms with Gasteiger partial charge < -0.3 is 20.3 Å². The number of cyclic esters (lactones) is 1. The maximum Gasteiger partial charge on any atom is 0.414 e. The number of halogens is 2. The highest BCUT2D eigenvalue weighted by Gasteiger charge is 2.35. The van der Waals surface area contributed by atoms with Gasteiger partial charge in [0.2, 0.25) is 0 Å². The zero-order valence-electron chi connectivity index (χ0n) is 18.6. The number of nitrogens with one attached hydrogen (secondary N) is 2. The third-order valence-corrected chi connectivity index (χ3v) is 6.37. The lowest BCUT2D eigenvalue weighted by Gasteiger charge is -2.18. The molecule has 0 unspecified atom stereocenters. The van der Waals surface area contributed by atoms with Crippen LogP contribution in [0.5, 0.6) is 0 Å². The maximum atomic E-state index is 15.1. The van der Waals surface area contributed by atoms with Crippen molar-refractivity contribution in [3.05, 3.63) is 65.9 Å². The van der Waals surface area contributed by atoms with Gasteiger partial charge in [0.15, 0.2) is 11.4 Å². The Morgan fingerprint density at radius 3 is 2.56 bits per heavy atom. The highest BCUT2D eigenvalue weighted by molar-refractivity contribution is 6.99. The van der Waals surface area contributed by atoms with Crippen molar-refractivity contribution in [2.45, 2.75) is 11.7 Å². The predicted molar refractivity (Wildman–Crippen MR) is 127 cm³/mol. The molecule has 1 fully saturated rings. The van der Waals surface area contributed by atoms with Crippen molar-refractivity contribution in [3.63, 3.8) is 0 Å². The second kappa shape index (κ2) is 9.78. The molecule has 2 aliphatic heterocycles. The smallest absolute Gasteiger partial charge is 0.414 e. The Labute approximate surface area is 208 Å². The van der Waals surface area contributed by atoms with Gasteiger partial charge in [-0.05, 0) is 30.3 Å². The minimum Gasteiger partial charge on any atom is -0.442 e. The lowest BCUT2D eigenvalue weighted by Crippen LogP contribution is -2.37. The van der Waals surface area contributed by atoms with E-state index in [-0.39, 0.29) is 23.4 Å². The van der Waals surface area contributed by atoms with E-state index in [0.29, 0.717) is 23.6 Å². The molecule has 0 bridgehead atoms.